The van der Waals surface area contributed by atoms with Gasteiger partial charge in [-0.1, -0.05) is 35.9 Å². The maximum Gasteiger partial charge on any atom is 0.119 e. The Morgan fingerprint density at radius 3 is 2.00 bits per heavy atom. The van der Waals surface area contributed by atoms with Crippen LogP contribution in [0.3, 0.4) is 0 Å². The molecule has 1 atom stereocenters. The standard InChI is InChI=1S/C16H16ClNO/c17-13-5-1-11(2-6-13)16(18)12-3-7-14(8-4-12)19-15-9-10-15/h1-8,15-16H,9-10,18H2. The van der Waals surface area contributed by atoms with Gasteiger partial charge in [0, 0.05) is 5.02 Å². The molecule has 0 heterocycles. The maximum atomic E-state index is 6.25. The summed E-state index contributed by atoms with van der Waals surface area (Å²) in [4.78, 5) is 0. The average Bonchev–Trinajstić information content (AvgIpc) is 3.24. The summed E-state index contributed by atoms with van der Waals surface area (Å²) in [5, 5.41) is 0.726. The molecule has 19 heavy (non-hydrogen) atoms. The van der Waals surface area contributed by atoms with Crippen LogP contribution in [-0.2, 0) is 0 Å². The SMILES string of the molecule is NC(c1ccc(Cl)cc1)c1ccc(OC2CC2)cc1. The summed E-state index contributed by atoms with van der Waals surface area (Å²) in [5.41, 5.74) is 8.38. The van der Waals surface area contributed by atoms with E-state index in [2.05, 4.69) is 0 Å². The van der Waals surface area contributed by atoms with Gasteiger partial charge in [0.2, 0.25) is 0 Å². The Labute approximate surface area is 118 Å². The fourth-order valence-corrected chi connectivity index (χ4v) is 2.12. The van der Waals surface area contributed by atoms with Crippen molar-refractivity contribution in [1.29, 1.82) is 0 Å². The van der Waals surface area contributed by atoms with E-state index in [9.17, 15) is 0 Å². The molecule has 1 saturated carbocycles. The Bertz CT molecular complexity index is 546. The normalized spacial score (nSPS) is 16.1. The van der Waals surface area contributed by atoms with Crippen LogP contribution in [0.5, 0.6) is 5.75 Å². The van der Waals surface area contributed by atoms with Crippen molar-refractivity contribution < 1.29 is 4.74 Å². The summed E-state index contributed by atoms with van der Waals surface area (Å²) in [6, 6.07) is 15.5. The summed E-state index contributed by atoms with van der Waals surface area (Å²) in [5.74, 6) is 0.926. The summed E-state index contributed by atoms with van der Waals surface area (Å²) in [6.45, 7) is 0. The summed E-state index contributed by atoms with van der Waals surface area (Å²) in [7, 11) is 0. The van der Waals surface area contributed by atoms with Gasteiger partial charge >= 0.3 is 0 Å². The molecule has 1 fully saturated rings. The van der Waals surface area contributed by atoms with Gasteiger partial charge in [-0.15, -0.1) is 0 Å². The van der Waals surface area contributed by atoms with Gasteiger partial charge in [-0.2, -0.15) is 0 Å². The third-order valence-corrected chi connectivity index (χ3v) is 3.55. The molecule has 2 nitrogen and oxygen atoms in total. The van der Waals surface area contributed by atoms with Crippen LogP contribution in [0, 0.1) is 0 Å². The van der Waals surface area contributed by atoms with E-state index in [1.807, 2.05) is 48.5 Å². The minimum atomic E-state index is -0.132. The molecule has 1 aliphatic rings. The van der Waals surface area contributed by atoms with Crippen molar-refractivity contribution in [1.82, 2.24) is 0 Å². The van der Waals surface area contributed by atoms with Crippen LogP contribution < -0.4 is 10.5 Å². The molecule has 3 heteroatoms. The van der Waals surface area contributed by atoms with Crippen molar-refractivity contribution in [2.75, 3.05) is 0 Å². The van der Waals surface area contributed by atoms with Crippen molar-refractivity contribution in [3.05, 3.63) is 64.7 Å². The van der Waals surface area contributed by atoms with Crippen molar-refractivity contribution in [3.63, 3.8) is 0 Å². The molecule has 0 saturated heterocycles. The Balaban J connectivity index is 1.75. The molecule has 2 aromatic rings. The van der Waals surface area contributed by atoms with Gasteiger partial charge in [-0.3, -0.25) is 0 Å². The molecule has 0 radical (unpaired) electrons. The molecule has 0 amide bonds. The molecule has 1 unspecified atom stereocenters. The van der Waals surface area contributed by atoms with Crippen molar-refractivity contribution in [2.45, 2.75) is 25.0 Å². The molecule has 0 aliphatic heterocycles. The van der Waals surface area contributed by atoms with E-state index in [4.69, 9.17) is 22.1 Å². The first-order valence-electron chi connectivity index (χ1n) is 6.50. The predicted molar refractivity (Wildman–Crippen MR) is 77.6 cm³/mol. The van der Waals surface area contributed by atoms with Gasteiger partial charge in [0.15, 0.2) is 0 Å². The predicted octanol–water partition coefficient (Wildman–Crippen LogP) is 3.93. The van der Waals surface area contributed by atoms with E-state index < -0.39 is 0 Å². The zero-order valence-electron chi connectivity index (χ0n) is 10.6. The molecule has 1 aliphatic carbocycles. The average molecular weight is 274 g/mol. The maximum absolute atomic E-state index is 6.25. The van der Waals surface area contributed by atoms with Crippen LogP contribution in [0.1, 0.15) is 30.0 Å². The fraction of sp³-hybridized carbons (Fsp3) is 0.250. The highest BCUT2D eigenvalue weighted by atomic mass is 35.5. The van der Waals surface area contributed by atoms with Crippen LogP contribution in [0.2, 0.25) is 5.02 Å². The first kappa shape index (κ1) is 12.5. The number of nitrogens with two attached hydrogens (primary N) is 1. The van der Waals surface area contributed by atoms with Gasteiger partial charge in [0.05, 0.1) is 12.1 Å². The quantitative estimate of drug-likeness (QED) is 0.916. The van der Waals surface area contributed by atoms with Gasteiger partial charge in [-0.05, 0) is 48.2 Å². The van der Waals surface area contributed by atoms with Crippen LogP contribution in [-0.4, -0.2) is 6.10 Å². The number of hydrogen-bond donors (Lipinski definition) is 1. The van der Waals surface area contributed by atoms with Crippen molar-refractivity contribution in [2.24, 2.45) is 5.73 Å². The smallest absolute Gasteiger partial charge is 0.119 e. The molecule has 0 bridgehead atoms. The molecule has 2 N–H and O–H groups in total. The van der Waals surface area contributed by atoms with E-state index >= 15 is 0 Å². The van der Waals surface area contributed by atoms with Crippen molar-refractivity contribution in [3.8, 4) is 5.75 Å². The molecule has 0 aromatic heterocycles. The lowest BCUT2D eigenvalue weighted by atomic mass is 10.00. The van der Waals surface area contributed by atoms with Crippen LogP contribution in [0.4, 0.5) is 0 Å². The highest BCUT2D eigenvalue weighted by Gasteiger charge is 2.23. The molecule has 2 aromatic carbocycles. The Morgan fingerprint density at radius 2 is 1.47 bits per heavy atom. The fourth-order valence-electron chi connectivity index (χ4n) is 1.99. The molecule has 3 rings (SSSR count). The molecular weight excluding hydrogens is 258 g/mol. The van der Waals surface area contributed by atoms with Gasteiger partial charge < -0.3 is 10.5 Å². The number of halogens is 1. The van der Waals surface area contributed by atoms with E-state index in [-0.39, 0.29) is 6.04 Å². The zero-order chi connectivity index (χ0) is 13.2. The third-order valence-electron chi connectivity index (χ3n) is 3.30. The topological polar surface area (TPSA) is 35.2 Å². The Morgan fingerprint density at radius 1 is 0.947 bits per heavy atom. The third kappa shape index (κ3) is 3.09. The second-order valence-corrected chi connectivity index (χ2v) is 5.35. The number of hydrogen-bond acceptors (Lipinski definition) is 2. The van der Waals surface area contributed by atoms with E-state index in [1.165, 1.54) is 12.8 Å². The highest BCUT2D eigenvalue weighted by Crippen LogP contribution is 2.28. The number of rotatable bonds is 4. The second kappa shape index (κ2) is 5.24. The Kier molecular flexibility index (Phi) is 3.45. The number of ether oxygens (including phenoxy) is 1. The Hall–Kier alpha value is -1.51. The van der Waals surface area contributed by atoms with Gasteiger partial charge in [-0.25, -0.2) is 0 Å². The molecular formula is C16H16ClNO. The van der Waals surface area contributed by atoms with E-state index in [1.54, 1.807) is 0 Å². The highest BCUT2D eigenvalue weighted by molar-refractivity contribution is 6.30. The monoisotopic (exact) mass is 273 g/mol. The molecule has 0 spiro atoms. The minimum absolute atomic E-state index is 0.132. The largest absolute Gasteiger partial charge is 0.490 e. The first-order valence-corrected chi connectivity index (χ1v) is 6.88. The van der Waals surface area contributed by atoms with E-state index in [0.717, 1.165) is 21.9 Å². The number of benzene rings is 2. The van der Waals surface area contributed by atoms with Crippen LogP contribution >= 0.6 is 11.6 Å². The summed E-state index contributed by atoms with van der Waals surface area (Å²) in [6.07, 6.45) is 2.77. The minimum Gasteiger partial charge on any atom is -0.490 e. The molecule has 98 valence electrons. The lowest BCUT2D eigenvalue weighted by Gasteiger charge is -2.13. The van der Waals surface area contributed by atoms with E-state index in [0.29, 0.717) is 6.10 Å². The zero-order valence-corrected chi connectivity index (χ0v) is 11.3. The summed E-state index contributed by atoms with van der Waals surface area (Å²) < 4.78 is 5.72. The lowest BCUT2D eigenvalue weighted by Crippen LogP contribution is -2.11. The van der Waals surface area contributed by atoms with Gasteiger partial charge in [0.1, 0.15) is 5.75 Å². The lowest BCUT2D eigenvalue weighted by molar-refractivity contribution is 0.303. The second-order valence-electron chi connectivity index (χ2n) is 4.92. The van der Waals surface area contributed by atoms with Crippen LogP contribution in [0.25, 0.3) is 0 Å². The van der Waals surface area contributed by atoms with Gasteiger partial charge in [0.25, 0.3) is 0 Å². The summed E-state index contributed by atoms with van der Waals surface area (Å²) >= 11 is 5.88. The van der Waals surface area contributed by atoms with Crippen LogP contribution in [0.15, 0.2) is 48.5 Å². The van der Waals surface area contributed by atoms with Crippen molar-refractivity contribution >= 4 is 11.6 Å². The first-order chi connectivity index (χ1) is 9.22.